The summed E-state index contributed by atoms with van der Waals surface area (Å²) >= 11 is 0. The molecular formula is C14H15NO2. The van der Waals surface area contributed by atoms with Gasteiger partial charge < -0.3 is 15.9 Å². The van der Waals surface area contributed by atoms with E-state index in [0.29, 0.717) is 11.3 Å². The molecule has 1 unspecified atom stereocenters. The smallest absolute Gasteiger partial charge is 0.116 e. The molecule has 0 bridgehead atoms. The Kier molecular flexibility index (Phi) is 3.02. The molecule has 2 aromatic carbocycles. The third-order valence-corrected chi connectivity index (χ3v) is 2.76. The number of aromatic hydroxyl groups is 1. The van der Waals surface area contributed by atoms with Crippen molar-refractivity contribution in [1.82, 2.24) is 0 Å². The van der Waals surface area contributed by atoms with Gasteiger partial charge in [0.15, 0.2) is 0 Å². The standard InChI is InChI=1S/C14H15NO2/c1-9-2-4-10(5-3-9)14(17)12-8-11(16)6-7-13(12)15/h2-8,14,16-17H,15H2,1H3. The number of anilines is 1. The molecule has 0 aliphatic carbocycles. The highest BCUT2D eigenvalue weighted by atomic mass is 16.3. The predicted molar refractivity (Wildman–Crippen MR) is 67.8 cm³/mol. The number of aryl methyl sites for hydroxylation is 1. The fourth-order valence-electron chi connectivity index (χ4n) is 1.73. The van der Waals surface area contributed by atoms with Crippen LogP contribution in [0.1, 0.15) is 22.8 Å². The second-order valence-electron chi connectivity index (χ2n) is 4.13. The van der Waals surface area contributed by atoms with E-state index in [-0.39, 0.29) is 5.75 Å². The molecule has 3 heteroatoms. The van der Waals surface area contributed by atoms with Crippen LogP contribution in [-0.4, -0.2) is 10.2 Å². The van der Waals surface area contributed by atoms with Gasteiger partial charge in [0, 0.05) is 11.3 Å². The zero-order valence-electron chi connectivity index (χ0n) is 9.59. The van der Waals surface area contributed by atoms with Crippen molar-refractivity contribution in [2.24, 2.45) is 0 Å². The molecule has 0 saturated heterocycles. The molecule has 0 aromatic heterocycles. The Hall–Kier alpha value is -2.00. The summed E-state index contributed by atoms with van der Waals surface area (Å²) in [5.74, 6) is 0.0976. The van der Waals surface area contributed by atoms with Crippen molar-refractivity contribution >= 4 is 5.69 Å². The Labute approximate surface area is 100 Å². The van der Waals surface area contributed by atoms with Crippen LogP contribution in [0, 0.1) is 6.92 Å². The first-order valence-corrected chi connectivity index (χ1v) is 5.41. The molecule has 17 heavy (non-hydrogen) atoms. The van der Waals surface area contributed by atoms with Gasteiger partial charge in [0.2, 0.25) is 0 Å². The van der Waals surface area contributed by atoms with Gasteiger partial charge in [0.1, 0.15) is 11.9 Å². The Morgan fingerprint density at radius 1 is 1.06 bits per heavy atom. The van der Waals surface area contributed by atoms with Gasteiger partial charge in [-0.05, 0) is 30.7 Å². The highest BCUT2D eigenvalue weighted by Crippen LogP contribution is 2.29. The molecule has 0 amide bonds. The second kappa shape index (κ2) is 4.47. The van der Waals surface area contributed by atoms with E-state index < -0.39 is 6.10 Å². The molecule has 2 aromatic rings. The highest BCUT2D eigenvalue weighted by Gasteiger charge is 2.13. The molecule has 88 valence electrons. The van der Waals surface area contributed by atoms with Gasteiger partial charge in [-0.1, -0.05) is 29.8 Å². The van der Waals surface area contributed by atoms with Crippen molar-refractivity contribution in [2.75, 3.05) is 5.73 Å². The fraction of sp³-hybridized carbons (Fsp3) is 0.143. The number of hydrogen-bond acceptors (Lipinski definition) is 3. The predicted octanol–water partition coefficient (Wildman–Crippen LogP) is 2.36. The first-order valence-electron chi connectivity index (χ1n) is 5.41. The Morgan fingerprint density at radius 2 is 1.71 bits per heavy atom. The zero-order valence-corrected chi connectivity index (χ0v) is 9.59. The molecule has 0 fully saturated rings. The Bertz CT molecular complexity index is 520. The topological polar surface area (TPSA) is 66.5 Å². The van der Waals surface area contributed by atoms with E-state index in [1.165, 1.54) is 12.1 Å². The monoisotopic (exact) mass is 229 g/mol. The van der Waals surface area contributed by atoms with Gasteiger partial charge >= 0.3 is 0 Å². The number of aliphatic hydroxyl groups excluding tert-OH is 1. The maximum absolute atomic E-state index is 10.2. The SMILES string of the molecule is Cc1ccc(C(O)c2cc(O)ccc2N)cc1. The average Bonchev–Trinajstić information content (AvgIpc) is 2.32. The lowest BCUT2D eigenvalue weighted by atomic mass is 9.99. The molecule has 3 nitrogen and oxygen atoms in total. The quantitative estimate of drug-likeness (QED) is 0.547. The van der Waals surface area contributed by atoms with E-state index in [9.17, 15) is 10.2 Å². The molecule has 0 heterocycles. The summed E-state index contributed by atoms with van der Waals surface area (Å²) in [6.07, 6.45) is -0.817. The summed E-state index contributed by atoms with van der Waals surface area (Å²) < 4.78 is 0. The van der Waals surface area contributed by atoms with Crippen LogP contribution >= 0.6 is 0 Å². The normalized spacial score (nSPS) is 12.4. The highest BCUT2D eigenvalue weighted by molar-refractivity contribution is 5.53. The van der Waals surface area contributed by atoms with Crippen LogP contribution in [0.15, 0.2) is 42.5 Å². The van der Waals surface area contributed by atoms with Crippen LogP contribution in [0.2, 0.25) is 0 Å². The largest absolute Gasteiger partial charge is 0.508 e. The summed E-state index contributed by atoms with van der Waals surface area (Å²) in [7, 11) is 0. The van der Waals surface area contributed by atoms with E-state index in [2.05, 4.69) is 0 Å². The van der Waals surface area contributed by atoms with Crippen molar-refractivity contribution < 1.29 is 10.2 Å². The van der Waals surface area contributed by atoms with Gasteiger partial charge in [0.05, 0.1) is 0 Å². The van der Waals surface area contributed by atoms with Crippen molar-refractivity contribution in [2.45, 2.75) is 13.0 Å². The molecule has 0 saturated carbocycles. The minimum Gasteiger partial charge on any atom is -0.508 e. The maximum atomic E-state index is 10.2. The Balaban J connectivity index is 2.39. The minimum atomic E-state index is -0.817. The summed E-state index contributed by atoms with van der Waals surface area (Å²) in [5, 5.41) is 19.6. The van der Waals surface area contributed by atoms with E-state index in [0.717, 1.165) is 11.1 Å². The van der Waals surface area contributed by atoms with Crippen LogP contribution in [0.25, 0.3) is 0 Å². The third kappa shape index (κ3) is 2.40. The lowest BCUT2D eigenvalue weighted by Crippen LogP contribution is -2.03. The molecule has 1 atom stereocenters. The molecule has 2 rings (SSSR count). The second-order valence-corrected chi connectivity index (χ2v) is 4.13. The number of nitrogen functional groups attached to an aromatic ring is 1. The number of phenols is 1. The van der Waals surface area contributed by atoms with Gasteiger partial charge in [-0.15, -0.1) is 0 Å². The van der Waals surface area contributed by atoms with Crippen molar-refractivity contribution in [3.8, 4) is 5.75 Å². The summed E-state index contributed by atoms with van der Waals surface area (Å²) in [5.41, 5.74) is 8.66. The molecule has 0 spiro atoms. The van der Waals surface area contributed by atoms with E-state index >= 15 is 0 Å². The van der Waals surface area contributed by atoms with Crippen molar-refractivity contribution in [3.05, 3.63) is 59.2 Å². The summed E-state index contributed by atoms with van der Waals surface area (Å²) in [6, 6.07) is 12.1. The van der Waals surface area contributed by atoms with E-state index in [1.807, 2.05) is 31.2 Å². The lowest BCUT2D eigenvalue weighted by molar-refractivity contribution is 0.220. The lowest BCUT2D eigenvalue weighted by Gasteiger charge is -2.14. The first-order chi connectivity index (χ1) is 8.08. The molecule has 0 radical (unpaired) electrons. The van der Waals surface area contributed by atoms with Crippen LogP contribution in [0.4, 0.5) is 5.69 Å². The number of phenolic OH excluding ortho intramolecular Hbond substituents is 1. The van der Waals surface area contributed by atoms with Gasteiger partial charge in [-0.3, -0.25) is 0 Å². The van der Waals surface area contributed by atoms with Gasteiger partial charge in [-0.2, -0.15) is 0 Å². The third-order valence-electron chi connectivity index (χ3n) is 2.76. The van der Waals surface area contributed by atoms with Crippen LogP contribution in [-0.2, 0) is 0 Å². The molecule has 0 aliphatic rings. The van der Waals surface area contributed by atoms with Crippen LogP contribution in [0.3, 0.4) is 0 Å². The van der Waals surface area contributed by atoms with Crippen molar-refractivity contribution in [1.29, 1.82) is 0 Å². The number of rotatable bonds is 2. The fourth-order valence-corrected chi connectivity index (χ4v) is 1.73. The maximum Gasteiger partial charge on any atom is 0.116 e. The Morgan fingerprint density at radius 3 is 2.35 bits per heavy atom. The summed E-state index contributed by atoms with van der Waals surface area (Å²) in [4.78, 5) is 0. The van der Waals surface area contributed by atoms with Crippen LogP contribution < -0.4 is 5.73 Å². The number of hydrogen-bond donors (Lipinski definition) is 3. The molecule has 4 N–H and O–H groups in total. The summed E-state index contributed by atoms with van der Waals surface area (Å²) in [6.45, 7) is 1.98. The average molecular weight is 229 g/mol. The number of benzene rings is 2. The number of nitrogens with two attached hydrogens (primary N) is 1. The van der Waals surface area contributed by atoms with Gasteiger partial charge in [-0.25, -0.2) is 0 Å². The van der Waals surface area contributed by atoms with E-state index in [4.69, 9.17) is 5.73 Å². The number of aliphatic hydroxyl groups is 1. The van der Waals surface area contributed by atoms with Crippen LogP contribution in [0.5, 0.6) is 5.75 Å². The first kappa shape index (κ1) is 11.5. The van der Waals surface area contributed by atoms with Crippen molar-refractivity contribution in [3.63, 3.8) is 0 Å². The zero-order chi connectivity index (χ0) is 12.4. The van der Waals surface area contributed by atoms with E-state index in [1.54, 1.807) is 6.07 Å². The van der Waals surface area contributed by atoms with Gasteiger partial charge in [0.25, 0.3) is 0 Å². The molecular weight excluding hydrogens is 214 g/mol. The molecule has 0 aliphatic heterocycles. The minimum absolute atomic E-state index is 0.0976.